The second-order valence-corrected chi connectivity index (χ2v) is 7.52. The first-order chi connectivity index (χ1) is 12.6. The Morgan fingerprint density at radius 1 is 1.23 bits per heavy atom. The number of benzene rings is 1. The van der Waals surface area contributed by atoms with Crippen molar-refractivity contribution in [1.29, 1.82) is 0 Å². The highest BCUT2D eigenvalue weighted by Gasteiger charge is 2.36. The van der Waals surface area contributed by atoms with Gasteiger partial charge < -0.3 is 15.3 Å². The minimum Gasteiger partial charge on any atom is -0.393 e. The van der Waals surface area contributed by atoms with Crippen LogP contribution in [0.25, 0.3) is 0 Å². The predicted molar refractivity (Wildman–Crippen MR) is 100 cm³/mol. The van der Waals surface area contributed by atoms with Crippen LogP contribution in [0, 0.1) is 5.92 Å². The molecule has 26 heavy (non-hydrogen) atoms. The fourth-order valence-electron chi connectivity index (χ4n) is 4.00. The molecule has 138 valence electrons. The number of carbonyl (C=O) groups excluding carboxylic acids is 1. The summed E-state index contributed by atoms with van der Waals surface area (Å²) in [5.41, 5.74) is 2.85. The Kier molecular flexibility index (Phi) is 4.68. The summed E-state index contributed by atoms with van der Waals surface area (Å²) in [5.74, 6) is 0.176. The van der Waals surface area contributed by atoms with Crippen LogP contribution in [0.3, 0.4) is 0 Å². The lowest BCUT2D eigenvalue weighted by atomic mass is 9.75. The van der Waals surface area contributed by atoms with Gasteiger partial charge in [-0.25, -0.2) is 0 Å². The fraction of sp³-hybridized carbons (Fsp3) is 0.500. The Hall–Kier alpha value is -2.34. The molecule has 1 atom stereocenters. The summed E-state index contributed by atoms with van der Waals surface area (Å²) in [5, 5.41) is 17.1. The second-order valence-electron chi connectivity index (χ2n) is 7.52. The van der Waals surface area contributed by atoms with Crippen LogP contribution in [0.15, 0.2) is 36.7 Å². The number of rotatable bonds is 5. The molecular formula is C20H26N4O2. The molecule has 1 aromatic carbocycles. The molecular weight excluding hydrogens is 328 g/mol. The lowest BCUT2D eigenvalue weighted by molar-refractivity contribution is 0.0235. The van der Waals surface area contributed by atoms with E-state index < -0.39 is 0 Å². The van der Waals surface area contributed by atoms with E-state index in [1.165, 1.54) is 18.5 Å². The predicted octanol–water partition coefficient (Wildman–Crippen LogP) is 2.26. The molecule has 2 aliphatic rings. The third kappa shape index (κ3) is 3.46. The van der Waals surface area contributed by atoms with Crippen molar-refractivity contribution in [2.24, 2.45) is 13.0 Å². The van der Waals surface area contributed by atoms with Crippen LogP contribution in [0.1, 0.15) is 47.6 Å². The van der Waals surface area contributed by atoms with E-state index in [1.54, 1.807) is 10.9 Å². The number of aliphatic hydroxyl groups is 1. The number of aryl methyl sites for hydroxylation is 1. The minimum atomic E-state index is -0.254. The average Bonchev–Trinajstić information content (AvgIpc) is 3.29. The normalized spacial score (nSPS) is 23.5. The van der Waals surface area contributed by atoms with Gasteiger partial charge in [0, 0.05) is 43.1 Å². The summed E-state index contributed by atoms with van der Waals surface area (Å²) < 4.78 is 1.74. The monoisotopic (exact) mass is 354 g/mol. The molecule has 1 saturated heterocycles. The maximum absolute atomic E-state index is 12.8. The standard InChI is InChI=1S/C20H26N4O2/c1-23-13-16(12-21-23)19(15-10-18(25)11-15)22-20(26)14-4-6-17(7-5-14)24-8-2-3-9-24/h4-7,12-13,15,18-19,25H,2-3,8-11H2,1H3,(H,22,26)/t15?,18?,19-/m1/s1. The first kappa shape index (κ1) is 17.1. The maximum Gasteiger partial charge on any atom is 0.251 e. The van der Waals surface area contributed by atoms with Gasteiger partial charge in [0.25, 0.3) is 5.91 Å². The van der Waals surface area contributed by atoms with Crippen LogP contribution >= 0.6 is 0 Å². The smallest absolute Gasteiger partial charge is 0.251 e. The third-order valence-corrected chi connectivity index (χ3v) is 5.59. The van der Waals surface area contributed by atoms with E-state index in [1.807, 2.05) is 37.5 Å². The third-order valence-electron chi connectivity index (χ3n) is 5.59. The molecule has 0 unspecified atom stereocenters. The SMILES string of the molecule is Cn1cc([C@H](NC(=O)c2ccc(N3CCCC3)cc2)C2CC(O)C2)cn1. The van der Waals surface area contributed by atoms with Gasteiger partial charge in [-0.3, -0.25) is 9.48 Å². The van der Waals surface area contributed by atoms with Crippen molar-refractivity contribution >= 4 is 11.6 Å². The van der Waals surface area contributed by atoms with Gasteiger partial charge in [-0.1, -0.05) is 0 Å². The zero-order valence-electron chi connectivity index (χ0n) is 15.1. The van der Waals surface area contributed by atoms with E-state index in [4.69, 9.17) is 0 Å². The number of hydrogen-bond donors (Lipinski definition) is 2. The Morgan fingerprint density at radius 3 is 2.50 bits per heavy atom. The Balaban J connectivity index is 1.47. The largest absolute Gasteiger partial charge is 0.393 e. The highest BCUT2D eigenvalue weighted by atomic mass is 16.3. The van der Waals surface area contributed by atoms with Gasteiger partial charge in [0.15, 0.2) is 0 Å². The van der Waals surface area contributed by atoms with Crippen LogP contribution in [-0.4, -0.2) is 40.0 Å². The molecule has 6 heteroatoms. The minimum absolute atomic E-state index is 0.0757. The van der Waals surface area contributed by atoms with E-state index in [0.29, 0.717) is 18.4 Å². The number of amides is 1. The van der Waals surface area contributed by atoms with E-state index in [9.17, 15) is 9.90 Å². The zero-order chi connectivity index (χ0) is 18.1. The number of aromatic nitrogens is 2. The molecule has 1 amide bonds. The maximum atomic E-state index is 12.8. The van der Waals surface area contributed by atoms with Crippen molar-refractivity contribution in [3.8, 4) is 0 Å². The molecule has 2 N–H and O–H groups in total. The van der Waals surface area contributed by atoms with E-state index >= 15 is 0 Å². The highest BCUT2D eigenvalue weighted by Crippen LogP contribution is 2.38. The lowest BCUT2D eigenvalue weighted by Gasteiger charge is -2.37. The fourth-order valence-corrected chi connectivity index (χ4v) is 4.00. The summed E-state index contributed by atoms with van der Waals surface area (Å²) in [4.78, 5) is 15.1. The summed E-state index contributed by atoms with van der Waals surface area (Å²) in [6, 6.07) is 7.76. The Labute approximate surface area is 153 Å². The van der Waals surface area contributed by atoms with Crippen LogP contribution in [-0.2, 0) is 7.05 Å². The van der Waals surface area contributed by atoms with Crippen molar-refractivity contribution in [3.05, 3.63) is 47.8 Å². The zero-order valence-corrected chi connectivity index (χ0v) is 15.1. The summed E-state index contributed by atoms with van der Waals surface area (Å²) >= 11 is 0. The summed E-state index contributed by atoms with van der Waals surface area (Å²) in [6.45, 7) is 2.19. The Morgan fingerprint density at radius 2 is 1.92 bits per heavy atom. The molecule has 2 fully saturated rings. The van der Waals surface area contributed by atoms with Gasteiger partial charge in [-0.05, 0) is 55.9 Å². The number of anilines is 1. The number of nitrogens with zero attached hydrogens (tertiary/aromatic N) is 3. The molecule has 4 rings (SSSR count). The van der Waals surface area contributed by atoms with Crippen molar-refractivity contribution in [2.75, 3.05) is 18.0 Å². The average molecular weight is 354 g/mol. The summed E-state index contributed by atoms with van der Waals surface area (Å²) in [7, 11) is 1.87. The van der Waals surface area contributed by atoms with Crippen molar-refractivity contribution < 1.29 is 9.90 Å². The molecule has 2 heterocycles. The van der Waals surface area contributed by atoms with Crippen LogP contribution in [0.2, 0.25) is 0 Å². The van der Waals surface area contributed by atoms with E-state index in [-0.39, 0.29) is 24.0 Å². The molecule has 2 aromatic rings. The molecule has 1 saturated carbocycles. The van der Waals surface area contributed by atoms with Crippen molar-refractivity contribution in [1.82, 2.24) is 15.1 Å². The van der Waals surface area contributed by atoms with Crippen LogP contribution < -0.4 is 10.2 Å². The van der Waals surface area contributed by atoms with Gasteiger partial charge in [-0.15, -0.1) is 0 Å². The topological polar surface area (TPSA) is 70.4 Å². The number of carbonyl (C=O) groups is 1. The quantitative estimate of drug-likeness (QED) is 0.864. The van der Waals surface area contributed by atoms with Gasteiger partial charge in [-0.2, -0.15) is 5.10 Å². The van der Waals surface area contributed by atoms with Gasteiger partial charge >= 0.3 is 0 Å². The first-order valence-electron chi connectivity index (χ1n) is 9.42. The van der Waals surface area contributed by atoms with Gasteiger partial charge in [0.1, 0.15) is 0 Å². The molecule has 1 aliphatic heterocycles. The molecule has 0 radical (unpaired) electrons. The van der Waals surface area contributed by atoms with E-state index in [2.05, 4.69) is 15.3 Å². The highest BCUT2D eigenvalue weighted by molar-refractivity contribution is 5.94. The summed E-state index contributed by atoms with van der Waals surface area (Å²) in [6.07, 6.45) is 7.39. The van der Waals surface area contributed by atoms with Crippen LogP contribution in [0.4, 0.5) is 5.69 Å². The molecule has 1 aromatic heterocycles. The van der Waals surface area contributed by atoms with Gasteiger partial charge in [0.05, 0.1) is 18.3 Å². The first-order valence-corrected chi connectivity index (χ1v) is 9.42. The van der Waals surface area contributed by atoms with Crippen molar-refractivity contribution in [2.45, 2.75) is 37.8 Å². The van der Waals surface area contributed by atoms with Crippen LogP contribution in [0.5, 0.6) is 0 Å². The second kappa shape index (κ2) is 7.11. The number of aliphatic hydroxyl groups excluding tert-OH is 1. The molecule has 1 aliphatic carbocycles. The molecule has 6 nitrogen and oxygen atoms in total. The Bertz CT molecular complexity index is 758. The van der Waals surface area contributed by atoms with Gasteiger partial charge in [0.2, 0.25) is 0 Å². The number of nitrogens with one attached hydrogen (secondary N) is 1. The van der Waals surface area contributed by atoms with Crippen molar-refractivity contribution in [3.63, 3.8) is 0 Å². The molecule has 0 spiro atoms. The van der Waals surface area contributed by atoms with E-state index in [0.717, 1.165) is 18.7 Å². The lowest BCUT2D eigenvalue weighted by Crippen LogP contribution is -2.41. The number of hydrogen-bond acceptors (Lipinski definition) is 4. The molecule has 0 bridgehead atoms.